The van der Waals surface area contributed by atoms with Gasteiger partial charge in [0.2, 0.25) is 5.91 Å². The molecule has 3 unspecified atom stereocenters. The van der Waals surface area contributed by atoms with Crippen LogP contribution in [0, 0.1) is 0 Å². The Kier molecular flexibility index (Phi) is 62.5. The summed E-state index contributed by atoms with van der Waals surface area (Å²) in [6.45, 7) is 6.78. The molecule has 0 radical (unpaired) electrons. The first-order chi connectivity index (χ1) is 41.4. The molecule has 0 aromatic carbocycles. The van der Waals surface area contributed by atoms with Crippen LogP contribution in [0.5, 0.6) is 0 Å². The van der Waals surface area contributed by atoms with Crippen molar-refractivity contribution in [3.63, 3.8) is 0 Å². The summed E-state index contributed by atoms with van der Waals surface area (Å²) in [7, 11) is 1.19. The fourth-order valence-electron chi connectivity index (χ4n) is 10.6. The molecule has 0 aromatic rings. The average molecular weight is 1210 g/mol. The second-order valence-electron chi connectivity index (χ2n) is 25.7. The van der Waals surface area contributed by atoms with E-state index in [2.05, 4.69) is 86.8 Å². The van der Waals surface area contributed by atoms with E-state index in [1.165, 1.54) is 205 Å². The van der Waals surface area contributed by atoms with E-state index >= 15 is 0 Å². The Balaban J connectivity index is 5.09. The van der Waals surface area contributed by atoms with Crippen molar-refractivity contribution in [3.05, 3.63) is 72.9 Å². The summed E-state index contributed by atoms with van der Waals surface area (Å²) in [5.41, 5.74) is 0. The molecule has 3 atom stereocenters. The van der Waals surface area contributed by atoms with Crippen molar-refractivity contribution in [1.82, 2.24) is 5.32 Å². The van der Waals surface area contributed by atoms with Gasteiger partial charge in [-0.15, -0.1) is 0 Å². The molecule has 0 rings (SSSR count). The molecule has 0 bridgehead atoms. The number of likely N-dealkylation sites (N-methyl/N-ethyl adjacent to an activating group) is 1. The minimum absolute atomic E-state index is 0.0233. The minimum Gasteiger partial charge on any atom is -0.756 e. The van der Waals surface area contributed by atoms with Gasteiger partial charge in [0, 0.05) is 12.8 Å². The number of rotatable bonds is 66. The van der Waals surface area contributed by atoms with Gasteiger partial charge in [-0.25, -0.2) is 0 Å². The summed E-state index contributed by atoms with van der Waals surface area (Å²) in [4.78, 5) is 40.2. The summed E-state index contributed by atoms with van der Waals surface area (Å²) in [5, 5.41) is 3.05. The van der Waals surface area contributed by atoms with Crippen molar-refractivity contribution < 1.29 is 37.3 Å². The number of amides is 1. The first-order valence-corrected chi connectivity index (χ1v) is 37.7. The third-order valence-electron chi connectivity index (χ3n) is 16.2. The number of nitrogens with zero attached hydrogens (tertiary/aromatic N) is 1. The minimum atomic E-state index is -4.71. The first-order valence-electron chi connectivity index (χ1n) is 36.2. The highest BCUT2D eigenvalue weighted by Crippen LogP contribution is 2.38. The number of unbranched alkanes of at least 4 members (excludes halogenated alkanes) is 40. The van der Waals surface area contributed by atoms with E-state index in [9.17, 15) is 19.0 Å². The van der Waals surface area contributed by atoms with Gasteiger partial charge in [-0.05, 0) is 76.7 Å². The van der Waals surface area contributed by atoms with Gasteiger partial charge in [-0.3, -0.25) is 14.2 Å². The third-order valence-corrected chi connectivity index (χ3v) is 17.1. The number of nitrogens with one attached hydrogen (secondary N) is 1. The lowest BCUT2D eigenvalue weighted by molar-refractivity contribution is -0.870. The van der Waals surface area contributed by atoms with E-state index in [1.807, 2.05) is 33.3 Å². The highest BCUT2D eigenvalue weighted by atomic mass is 31.2. The van der Waals surface area contributed by atoms with Crippen LogP contribution in [0.4, 0.5) is 0 Å². The Morgan fingerprint density at radius 2 is 0.753 bits per heavy atom. The molecule has 0 aliphatic carbocycles. The quantitative estimate of drug-likeness (QED) is 0.0212. The lowest BCUT2D eigenvalue weighted by Crippen LogP contribution is -2.47. The van der Waals surface area contributed by atoms with E-state index in [0.29, 0.717) is 17.4 Å². The summed E-state index contributed by atoms with van der Waals surface area (Å²) in [5.74, 6) is -0.534. The number of carbonyl (C=O) groups is 2. The summed E-state index contributed by atoms with van der Waals surface area (Å²) in [6, 6.07) is -0.892. The van der Waals surface area contributed by atoms with Crippen molar-refractivity contribution in [3.8, 4) is 0 Å². The zero-order chi connectivity index (χ0) is 62.1. The van der Waals surface area contributed by atoms with Crippen molar-refractivity contribution in [2.45, 2.75) is 354 Å². The van der Waals surface area contributed by atoms with Gasteiger partial charge in [0.05, 0.1) is 33.8 Å². The number of phosphoric ester groups is 1. The zero-order valence-corrected chi connectivity index (χ0v) is 57.7. The van der Waals surface area contributed by atoms with E-state index in [-0.39, 0.29) is 31.5 Å². The molecule has 0 aliphatic heterocycles. The van der Waals surface area contributed by atoms with E-state index in [0.717, 1.165) is 103 Å². The highest BCUT2D eigenvalue weighted by Gasteiger charge is 2.27. The zero-order valence-electron chi connectivity index (χ0n) is 56.8. The van der Waals surface area contributed by atoms with Crippen LogP contribution in [0.2, 0.25) is 0 Å². The Hall–Kier alpha value is -2.55. The molecule has 10 heteroatoms. The van der Waals surface area contributed by atoms with Crippen LogP contribution in [0.1, 0.15) is 342 Å². The molecular formula is C75H139N2O7P. The molecule has 1 amide bonds. The Morgan fingerprint density at radius 3 is 1.13 bits per heavy atom. The maximum atomic E-state index is 13.6. The topological polar surface area (TPSA) is 114 Å². The van der Waals surface area contributed by atoms with Gasteiger partial charge in [0.25, 0.3) is 7.82 Å². The Bertz CT molecular complexity index is 1680. The fraction of sp³-hybridized carbons (Fsp3) is 0.813. The van der Waals surface area contributed by atoms with Crippen molar-refractivity contribution in [2.24, 2.45) is 0 Å². The predicted molar refractivity (Wildman–Crippen MR) is 367 cm³/mol. The molecule has 0 saturated carbocycles. The van der Waals surface area contributed by atoms with Crippen molar-refractivity contribution in [1.29, 1.82) is 0 Å². The number of hydrogen-bond donors (Lipinski definition) is 1. The van der Waals surface area contributed by atoms with Crippen LogP contribution >= 0.6 is 7.82 Å². The number of hydrogen-bond acceptors (Lipinski definition) is 7. The highest BCUT2D eigenvalue weighted by molar-refractivity contribution is 7.45. The Labute approximate surface area is 527 Å². The van der Waals surface area contributed by atoms with Crippen LogP contribution in [-0.4, -0.2) is 69.4 Å². The van der Waals surface area contributed by atoms with Gasteiger partial charge >= 0.3 is 5.97 Å². The average Bonchev–Trinajstić information content (AvgIpc) is 3.48. The third kappa shape index (κ3) is 65.7. The number of carbonyl (C=O) groups excluding carboxylic acids is 2. The molecule has 0 fully saturated rings. The van der Waals surface area contributed by atoms with Gasteiger partial charge in [0.15, 0.2) is 0 Å². The van der Waals surface area contributed by atoms with Gasteiger partial charge in [-0.2, -0.15) is 0 Å². The maximum absolute atomic E-state index is 13.6. The molecular weight excluding hydrogens is 1070 g/mol. The SMILES string of the molecule is CC/C=C\C/C=C\C/C=C\C/C=C\C/C=C\CCCCCCCCCCCC(=O)OC(/C=C/CCCCCCCCCCCCC)C(COP(=O)([O-])OCC[N+](C)(C)C)NC(=O)CCCCCCCCCCCCCCCCCCCCCCC. The lowest BCUT2D eigenvalue weighted by Gasteiger charge is -2.30. The second kappa shape index (κ2) is 64.4. The van der Waals surface area contributed by atoms with Crippen molar-refractivity contribution >= 4 is 19.7 Å². The number of quaternary nitrogens is 1. The fourth-order valence-corrected chi connectivity index (χ4v) is 11.3. The van der Waals surface area contributed by atoms with E-state index in [4.69, 9.17) is 13.8 Å². The largest absolute Gasteiger partial charge is 0.756 e. The molecule has 0 aliphatic rings. The van der Waals surface area contributed by atoms with Crippen LogP contribution in [-0.2, 0) is 27.9 Å². The molecule has 85 heavy (non-hydrogen) atoms. The molecule has 496 valence electrons. The number of phosphoric acid groups is 1. The summed E-state index contributed by atoms with van der Waals surface area (Å²) in [6.07, 6.45) is 84.5. The second-order valence-corrected chi connectivity index (χ2v) is 27.1. The number of esters is 1. The number of ether oxygens (including phenoxy) is 1. The first kappa shape index (κ1) is 82.5. The molecule has 1 N–H and O–H groups in total. The van der Waals surface area contributed by atoms with Gasteiger partial charge < -0.3 is 28.5 Å². The summed E-state index contributed by atoms with van der Waals surface area (Å²) < 4.78 is 30.5. The molecule has 9 nitrogen and oxygen atoms in total. The summed E-state index contributed by atoms with van der Waals surface area (Å²) >= 11 is 0. The molecule has 0 spiro atoms. The maximum Gasteiger partial charge on any atom is 0.306 e. The molecule has 0 saturated heterocycles. The van der Waals surface area contributed by atoms with Crippen LogP contribution in [0.15, 0.2) is 72.9 Å². The van der Waals surface area contributed by atoms with Crippen LogP contribution in [0.25, 0.3) is 0 Å². The normalized spacial score (nSPS) is 13.9. The van der Waals surface area contributed by atoms with Gasteiger partial charge in [-0.1, -0.05) is 325 Å². The Morgan fingerprint density at radius 1 is 0.424 bits per heavy atom. The smallest absolute Gasteiger partial charge is 0.306 e. The standard InChI is InChI=1S/C75H139N2O7P/c1-7-10-13-16-19-22-25-28-30-32-34-36-37-38-39-41-43-45-47-50-53-56-59-62-65-68-75(79)84-73(66-63-60-57-54-51-48-27-24-21-18-15-12-9-3)72(71-83-85(80,81)82-70-69-77(4,5)6)76-74(78)67-64-61-58-55-52-49-46-44-42-40-35-33-31-29-26-23-20-17-14-11-8-2/h10,13,19,22,28,30,34,36,38-39,63,66,72-73H,7-9,11-12,14-18,20-21,23-27,29,31-33,35,37,40-62,64-65,67-71H2,1-6H3,(H-,76,78,80,81)/b13-10-,22-19-,30-28-,36-34-,39-38-,66-63+. The van der Waals surface area contributed by atoms with E-state index in [1.54, 1.807) is 0 Å². The van der Waals surface area contributed by atoms with Crippen molar-refractivity contribution in [2.75, 3.05) is 40.9 Å². The monoisotopic (exact) mass is 1210 g/mol. The molecule has 0 heterocycles. The van der Waals surface area contributed by atoms with Crippen LogP contribution in [0.3, 0.4) is 0 Å². The number of allylic oxidation sites excluding steroid dienone is 11. The van der Waals surface area contributed by atoms with Gasteiger partial charge in [0.1, 0.15) is 19.3 Å². The van der Waals surface area contributed by atoms with Crippen LogP contribution < -0.4 is 10.2 Å². The predicted octanol–water partition coefficient (Wildman–Crippen LogP) is 22.5. The van der Waals surface area contributed by atoms with E-state index < -0.39 is 20.0 Å². The molecule has 0 aromatic heterocycles. The lowest BCUT2D eigenvalue weighted by atomic mass is 10.0.